The van der Waals surface area contributed by atoms with Crippen LogP contribution >= 0.6 is 0 Å². The van der Waals surface area contributed by atoms with Crippen LogP contribution < -0.4 is 5.32 Å². The average Bonchev–Trinajstić information content (AvgIpc) is 2.72. The minimum atomic E-state index is -0.974. The molecule has 0 unspecified atom stereocenters. The maximum atomic E-state index is 12.5. The molecule has 148 valence electrons. The number of nitrogens with one attached hydrogen (secondary N) is 1. The Morgan fingerprint density at radius 1 is 0.929 bits per heavy atom. The van der Waals surface area contributed by atoms with Crippen LogP contribution in [-0.2, 0) is 14.3 Å². The Morgan fingerprint density at radius 2 is 1.50 bits per heavy atom. The van der Waals surface area contributed by atoms with Crippen molar-refractivity contribution in [3.63, 3.8) is 0 Å². The van der Waals surface area contributed by atoms with E-state index in [1.165, 1.54) is 38.3 Å². The average molecular weight is 383 g/mol. The van der Waals surface area contributed by atoms with E-state index in [0.29, 0.717) is 17.2 Å². The van der Waals surface area contributed by atoms with Gasteiger partial charge in [-0.05, 0) is 55.2 Å². The summed E-state index contributed by atoms with van der Waals surface area (Å²) >= 11 is 0. The van der Waals surface area contributed by atoms with Crippen LogP contribution in [0.5, 0.6) is 0 Å². The monoisotopic (exact) mass is 383 g/mol. The highest BCUT2D eigenvalue weighted by molar-refractivity contribution is 5.98. The van der Waals surface area contributed by atoms with E-state index in [0.717, 1.165) is 12.0 Å². The van der Waals surface area contributed by atoms with Crippen molar-refractivity contribution in [3.8, 4) is 0 Å². The van der Waals surface area contributed by atoms with Crippen molar-refractivity contribution >= 4 is 23.5 Å². The van der Waals surface area contributed by atoms with Gasteiger partial charge in [-0.25, -0.2) is 9.59 Å². The first-order chi connectivity index (χ1) is 13.4. The molecule has 0 spiro atoms. The van der Waals surface area contributed by atoms with Crippen LogP contribution in [0.1, 0.15) is 59.4 Å². The number of esters is 2. The van der Waals surface area contributed by atoms with Gasteiger partial charge in [-0.1, -0.05) is 32.0 Å². The number of amides is 1. The van der Waals surface area contributed by atoms with E-state index in [1.807, 2.05) is 24.3 Å². The summed E-state index contributed by atoms with van der Waals surface area (Å²) < 4.78 is 9.87. The van der Waals surface area contributed by atoms with E-state index >= 15 is 0 Å². The largest absolute Gasteiger partial charge is 0.465 e. The van der Waals surface area contributed by atoms with Crippen LogP contribution in [0.2, 0.25) is 0 Å². The molecule has 0 saturated carbocycles. The third-order valence-corrected chi connectivity index (χ3v) is 4.56. The number of para-hydroxylation sites is 1. The van der Waals surface area contributed by atoms with Gasteiger partial charge in [0.25, 0.3) is 5.91 Å². The first-order valence-corrected chi connectivity index (χ1v) is 9.16. The van der Waals surface area contributed by atoms with Crippen molar-refractivity contribution in [2.75, 3.05) is 12.4 Å². The quantitative estimate of drug-likeness (QED) is 0.726. The molecule has 0 saturated heterocycles. The zero-order valence-electron chi connectivity index (χ0n) is 16.5. The van der Waals surface area contributed by atoms with Crippen molar-refractivity contribution < 1.29 is 23.9 Å². The van der Waals surface area contributed by atoms with E-state index in [-0.39, 0.29) is 5.56 Å². The molecule has 0 fully saturated rings. The third-order valence-electron chi connectivity index (χ3n) is 4.56. The molecule has 2 aromatic rings. The number of methoxy groups -OCH3 is 1. The summed E-state index contributed by atoms with van der Waals surface area (Å²) in [6.45, 7) is 5.69. The van der Waals surface area contributed by atoms with Gasteiger partial charge in [0, 0.05) is 5.69 Å². The summed E-state index contributed by atoms with van der Waals surface area (Å²) in [5.41, 5.74) is 2.32. The zero-order valence-corrected chi connectivity index (χ0v) is 16.5. The summed E-state index contributed by atoms with van der Waals surface area (Å²) in [6, 6.07) is 13.4. The van der Waals surface area contributed by atoms with Gasteiger partial charge in [-0.3, -0.25) is 4.79 Å². The number of anilines is 1. The number of hydrogen-bond acceptors (Lipinski definition) is 5. The fourth-order valence-corrected chi connectivity index (χ4v) is 2.64. The maximum absolute atomic E-state index is 12.5. The standard InChI is InChI=1S/C22H25NO5/c1-5-14(2)18-8-6-7-9-19(18)23-20(24)15(3)28-22(26)17-12-10-16(11-13-17)21(25)27-4/h6-15H,5H2,1-4H3,(H,23,24)/t14-,15+/m0/s1. The molecule has 1 N–H and O–H groups in total. The summed E-state index contributed by atoms with van der Waals surface area (Å²) in [6.07, 6.45) is -0.0308. The Kier molecular flexibility index (Phi) is 7.32. The molecular weight excluding hydrogens is 358 g/mol. The van der Waals surface area contributed by atoms with E-state index in [4.69, 9.17) is 4.74 Å². The lowest BCUT2D eigenvalue weighted by molar-refractivity contribution is -0.123. The van der Waals surface area contributed by atoms with Crippen LogP contribution in [0.25, 0.3) is 0 Å². The first-order valence-electron chi connectivity index (χ1n) is 9.16. The Hall–Kier alpha value is -3.15. The van der Waals surface area contributed by atoms with Gasteiger partial charge in [0.1, 0.15) is 0 Å². The molecule has 2 rings (SSSR count). The summed E-state index contributed by atoms with van der Waals surface area (Å²) in [7, 11) is 1.28. The highest BCUT2D eigenvalue weighted by Crippen LogP contribution is 2.26. The highest BCUT2D eigenvalue weighted by Gasteiger charge is 2.21. The summed E-state index contributed by atoms with van der Waals surface area (Å²) in [4.78, 5) is 36.2. The first kappa shape index (κ1) is 21.2. The summed E-state index contributed by atoms with van der Waals surface area (Å²) in [5.74, 6) is -1.25. The highest BCUT2D eigenvalue weighted by atomic mass is 16.5. The third kappa shape index (κ3) is 5.19. The summed E-state index contributed by atoms with van der Waals surface area (Å²) in [5, 5.41) is 2.84. The normalized spacial score (nSPS) is 12.6. The lowest BCUT2D eigenvalue weighted by Gasteiger charge is -2.18. The van der Waals surface area contributed by atoms with Gasteiger partial charge < -0.3 is 14.8 Å². The molecule has 0 aliphatic heterocycles. The second-order valence-electron chi connectivity index (χ2n) is 6.50. The number of carbonyl (C=O) groups excluding carboxylic acids is 3. The Balaban J connectivity index is 2.02. The van der Waals surface area contributed by atoms with Crippen LogP contribution in [0.15, 0.2) is 48.5 Å². The molecule has 2 atom stereocenters. The van der Waals surface area contributed by atoms with Crippen molar-refractivity contribution in [2.45, 2.75) is 39.2 Å². The van der Waals surface area contributed by atoms with Crippen LogP contribution in [0.4, 0.5) is 5.69 Å². The molecule has 0 radical (unpaired) electrons. The predicted molar refractivity (Wildman–Crippen MR) is 106 cm³/mol. The number of rotatable bonds is 7. The molecular formula is C22H25NO5. The molecule has 6 heteroatoms. The van der Waals surface area contributed by atoms with Gasteiger partial charge in [0.05, 0.1) is 18.2 Å². The molecule has 28 heavy (non-hydrogen) atoms. The van der Waals surface area contributed by atoms with Gasteiger partial charge in [0.2, 0.25) is 0 Å². The second kappa shape index (κ2) is 9.69. The van der Waals surface area contributed by atoms with Crippen molar-refractivity contribution in [1.29, 1.82) is 0 Å². The predicted octanol–water partition coefficient (Wildman–Crippen LogP) is 4.17. The van der Waals surface area contributed by atoms with Crippen LogP contribution in [-0.4, -0.2) is 31.1 Å². The number of benzene rings is 2. The number of ether oxygens (including phenoxy) is 2. The molecule has 0 aliphatic carbocycles. The minimum Gasteiger partial charge on any atom is -0.465 e. The van der Waals surface area contributed by atoms with E-state index in [1.54, 1.807) is 0 Å². The maximum Gasteiger partial charge on any atom is 0.338 e. The Morgan fingerprint density at radius 3 is 2.07 bits per heavy atom. The zero-order chi connectivity index (χ0) is 20.7. The van der Waals surface area contributed by atoms with E-state index in [2.05, 4.69) is 23.9 Å². The Bertz CT molecular complexity index is 844. The molecule has 0 aliphatic rings. The van der Waals surface area contributed by atoms with Crippen LogP contribution in [0.3, 0.4) is 0 Å². The van der Waals surface area contributed by atoms with Gasteiger partial charge in [-0.15, -0.1) is 0 Å². The Labute approximate surface area is 164 Å². The van der Waals surface area contributed by atoms with Crippen molar-refractivity contribution in [1.82, 2.24) is 0 Å². The van der Waals surface area contributed by atoms with Crippen molar-refractivity contribution in [2.24, 2.45) is 0 Å². The van der Waals surface area contributed by atoms with Crippen molar-refractivity contribution in [3.05, 3.63) is 65.2 Å². The molecule has 0 aromatic heterocycles. The van der Waals surface area contributed by atoms with Crippen LogP contribution in [0, 0.1) is 0 Å². The fourth-order valence-electron chi connectivity index (χ4n) is 2.64. The topological polar surface area (TPSA) is 81.7 Å². The number of hydrogen-bond donors (Lipinski definition) is 1. The van der Waals surface area contributed by atoms with Gasteiger partial charge in [-0.2, -0.15) is 0 Å². The van der Waals surface area contributed by atoms with Gasteiger partial charge >= 0.3 is 11.9 Å². The smallest absolute Gasteiger partial charge is 0.338 e. The minimum absolute atomic E-state index is 0.243. The lowest BCUT2D eigenvalue weighted by Crippen LogP contribution is -2.30. The lowest BCUT2D eigenvalue weighted by atomic mass is 9.97. The number of carbonyl (C=O) groups is 3. The van der Waals surface area contributed by atoms with E-state index < -0.39 is 23.9 Å². The molecule has 0 bridgehead atoms. The second-order valence-corrected chi connectivity index (χ2v) is 6.50. The molecule has 6 nitrogen and oxygen atoms in total. The molecule has 2 aromatic carbocycles. The fraction of sp³-hybridized carbons (Fsp3) is 0.318. The van der Waals surface area contributed by atoms with E-state index in [9.17, 15) is 14.4 Å². The SMILES string of the molecule is CC[C@H](C)c1ccccc1NC(=O)[C@@H](C)OC(=O)c1ccc(C(=O)OC)cc1. The van der Waals surface area contributed by atoms with Gasteiger partial charge in [0.15, 0.2) is 6.10 Å². The molecule has 0 heterocycles. The molecule has 1 amide bonds.